The molecule has 20 heavy (non-hydrogen) atoms. The van der Waals surface area contributed by atoms with Gasteiger partial charge >= 0.3 is 0 Å². The Morgan fingerprint density at radius 3 is 2.70 bits per heavy atom. The molecule has 1 aromatic carbocycles. The van der Waals surface area contributed by atoms with Gasteiger partial charge in [0.1, 0.15) is 0 Å². The lowest BCUT2D eigenvalue weighted by atomic mass is 9.90. The monoisotopic (exact) mass is 275 g/mol. The summed E-state index contributed by atoms with van der Waals surface area (Å²) in [6, 6.07) is 10.9. The quantitative estimate of drug-likeness (QED) is 0.856. The molecule has 1 aromatic rings. The van der Waals surface area contributed by atoms with Crippen LogP contribution in [-0.2, 0) is 0 Å². The Bertz CT molecular complexity index is 376. The van der Waals surface area contributed by atoms with Crippen LogP contribution in [0.25, 0.3) is 0 Å². The molecule has 0 spiro atoms. The Kier molecular flexibility index (Phi) is 6.06. The first kappa shape index (κ1) is 15.5. The van der Waals surface area contributed by atoms with Crippen molar-refractivity contribution in [2.75, 3.05) is 19.6 Å². The van der Waals surface area contributed by atoms with Crippen LogP contribution in [0.15, 0.2) is 30.3 Å². The molecule has 1 saturated heterocycles. The van der Waals surface area contributed by atoms with Crippen molar-refractivity contribution in [1.29, 1.82) is 0 Å². The number of hydrogen-bond donors (Lipinski definition) is 1. The van der Waals surface area contributed by atoms with Gasteiger partial charge in [0.25, 0.3) is 0 Å². The van der Waals surface area contributed by atoms with Gasteiger partial charge in [-0.2, -0.15) is 0 Å². The summed E-state index contributed by atoms with van der Waals surface area (Å²) < 4.78 is 0. The number of benzene rings is 1. The Labute approximate surface area is 123 Å². The Balaban J connectivity index is 1.97. The molecule has 0 saturated carbocycles. The van der Waals surface area contributed by atoms with Crippen LogP contribution in [0.4, 0.5) is 0 Å². The van der Waals surface area contributed by atoms with Gasteiger partial charge in [-0.05, 0) is 50.1 Å². The van der Waals surface area contributed by atoms with E-state index < -0.39 is 0 Å². The van der Waals surface area contributed by atoms with E-state index in [-0.39, 0.29) is 6.10 Å². The highest BCUT2D eigenvalue weighted by molar-refractivity contribution is 5.19. The average Bonchev–Trinajstić information content (AvgIpc) is 2.48. The third-order valence-corrected chi connectivity index (χ3v) is 4.61. The number of piperidine rings is 1. The summed E-state index contributed by atoms with van der Waals surface area (Å²) in [4.78, 5) is 2.56. The summed E-state index contributed by atoms with van der Waals surface area (Å²) in [5.74, 6) is 1.09. The van der Waals surface area contributed by atoms with Crippen molar-refractivity contribution in [3.05, 3.63) is 35.9 Å². The minimum Gasteiger partial charge on any atom is -0.393 e. The fourth-order valence-corrected chi connectivity index (χ4v) is 3.40. The minimum absolute atomic E-state index is 0.167. The maximum absolute atomic E-state index is 9.82. The number of hydrogen-bond acceptors (Lipinski definition) is 2. The van der Waals surface area contributed by atoms with E-state index in [1.807, 2.05) is 6.92 Å². The summed E-state index contributed by atoms with van der Waals surface area (Å²) in [6.07, 6.45) is 4.72. The van der Waals surface area contributed by atoms with Crippen LogP contribution in [0.2, 0.25) is 0 Å². The van der Waals surface area contributed by atoms with Crippen LogP contribution in [0.3, 0.4) is 0 Å². The van der Waals surface area contributed by atoms with E-state index in [0.717, 1.165) is 13.1 Å². The second kappa shape index (κ2) is 7.80. The lowest BCUT2D eigenvalue weighted by molar-refractivity contribution is 0.0599. The SMILES string of the molecule is CCC[C@H](CN1CCC[C@H]([C@H](C)O)C1)c1ccccc1. The Morgan fingerprint density at radius 2 is 2.05 bits per heavy atom. The maximum atomic E-state index is 9.82. The van der Waals surface area contributed by atoms with Crippen LogP contribution in [-0.4, -0.2) is 35.7 Å². The Hall–Kier alpha value is -0.860. The summed E-state index contributed by atoms with van der Waals surface area (Å²) >= 11 is 0. The molecule has 2 rings (SSSR count). The smallest absolute Gasteiger partial charge is 0.0552 e. The van der Waals surface area contributed by atoms with Crippen molar-refractivity contribution in [3.8, 4) is 0 Å². The molecule has 1 N–H and O–H groups in total. The standard InChI is InChI=1S/C18H29NO/c1-3-8-18(16-9-5-4-6-10-16)14-19-12-7-11-17(13-19)15(2)20/h4-6,9-10,15,17-18,20H,3,7-8,11-14H2,1-2H3/t15-,17-,18+/m0/s1. The zero-order valence-corrected chi connectivity index (χ0v) is 13.0. The maximum Gasteiger partial charge on any atom is 0.0552 e. The van der Waals surface area contributed by atoms with Crippen LogP contribution in [0.1, 0.15) is 51.0 Å². The molecule has 3 atom stereocenters. The van der Waals surface area contributed by atoms with Gasteiger partial charge in [-0.3, -0.25) is 0 Å². The fourth-order valence-electron chi connectivity index (χ4n) is 3.40. The summed E-state index contributed by atoms with van der Waals surface area (Å²) in [5, 5.41) is 9.82. The topological polar surface area (TPSA) is 23.5 Å². The molecule has 2 heteroatoms. The van der Waals surface area contributed by atoms with Crippen LogP contribution in [0, 0.1) is 5.92 Å². The van der Waals surface area contributed by atoms with Gasteiger partial charge in [0.05, 0.1) is 6.10 Å². The molecule has 112 valence electrons. The predicted molar refractivity (Wildman–Crippen MR) is 84.9 cm³/mol. The van der Waals surface area contributed by atoms with E-state index in [1.165, 1.54) is 37.8 Å². The van der Waals surface area contributed by atoms with E-state index in [0.29, 0.717) is 11.8 Å². The zero-order chi connectivity index (χ0) is 14.4. The summed E-state index contributed by atoms with van der Waals surface area (Å²) in [6.45, 7) is 7.60. The highest BCUT2D eigenvalue weighted by Crippen LogP contribution is 2.26. The molecule has 0 amide bonds. The molecule has 0 aromatic heterocycles. The first-order valence-corrected chi connectivity index (χ1v) is 8.16. The molecule has 0 bridgehead atoms. The fraction of sp³-hybridized carbons (Fsp3) is 0.667. The number of aliphatic hydroxyl groups excluding tert-OH is 1. The largest absolute Gasteiger partial charge is 0.393 e. The second-order valence-electron chi connectivity index (χ2n) is 6.30. The summed E-state index contributed by atoms with van der Waals surface area (Å²) in [5.41, 5.74) is 1.47. The highest BCUT2D eigenvalue weighted by atomic mass is 16.3. The molecule has 2 nitrogen and oxygen atoms in total. The van der Waals surface area contributed by atoms with Crippen molar-refractivity contribution in [2.24, 2.45) is 5.92 Å². The molecule has 0 aliphatic carbocycles. The average molecular weight is 275 g/mol. The number of nitrogens with zero attached hydrogens (tertiary/aromatic N) is 1. The van der Waals surface area contributed by atoms with Gasteiger partial charge in [0, 0.05) is 13.1 Å². The van der Waals surface area contributed by atoms with Gasteiger partial charge in [0.2, 0.25) is 0 Å². The van der Waals surface area contributed by atoms with Gasteiger partial charge < -0.3 is 10.0 Å². The van der Waals surface area contributed by atoms with Crippen LogP contribution >= 0.6 is 0 Å². The molecule has 1 aliphatic rings. The lowest BCUT2D eigenvalue weighted by Crippen LogP contribution is -2.41. The molecule has 1 fully saturated rings. The van der Waals surface area contributed by atoms with Gasteiger partial charge in [-0.1, -0.05) is 43.7 Å². The van der Waals surface area contributed by atoms with E-state index in [2.05, 4.69) is 42.2 Å². The van der Waals surface area contributed by atoms with Gasteiger partial charge in [-0.25, -0.2) is 0 Å². The number of likely N-dealkylation sites (tertiary alicyclic amines) is 1. The van der Waals surface area contributed by atoms with Crippen LogP contribution in [0.5, 0.6) is 0 Å². The number of rotatable bonds is 6. The molecular formula is C18H29NO. The third kappa shape index (κ3) is 4.32. The van der Waals surface area contributed by atoms with Gasteiger partial charge in [0.15, 0.2) is 0 Å². The first-order chi connectivity index (χ1) is 9.70. The molecular weight excluding hydrogens is 246 g/mol. The van der Waals surface area contributed by atoms with Crippen molar-refractivity contribution in [1.82, 2.24) is 4.90 Å². The van der Waals surface area contributed by atoms with Crippen molar-refractivity contribution < 1.29 is 5.11 Å². The van der Waals surface area contributed by atoms with E-state index >= 15 is 0 Å². The second-order valence-corrected chi connectivity index (χ2v) is 6.30. The minimum atomic E-state index is -0.167. The lowest BCUT2D eigenvalue weighted by Gasteiger charge is -2.36. The summed E-state index contributed by atoms with van der Waals surface area (Å²) in [7, 11) is 0. The van der Waals surface area contributed by atoms with E-state index in [1.54, 1.807) is 0 Å². The predicted octanol–water partition coefficient (Wildman–Crippen LogP) is 3.66. The van der Waals surface area contributed by atoms with E-state index in [4.69, 9.17) is 0 Å². The van der Waals surface area contributed by atoms with Crippen molar-refractivity contribution in [3.63, 3.8) is 0 Å². The highest BCUT2D eigenvalue weighted by Gasteiger charge is 2.25. The van der Waals surface area contributed by atoms with Crippen molar-refractivity contribution in [2.45, 2.75) is 51.6 Å². The third-order valence-electron chi connectivity index (χ3n) is 4.61. The molecule has 0 unspecified atom stereocenters. The first-order valence-electron chi connectivity index (χ1n) is 8.16. The Morgan fingerprint density at radius 1 is 1.30 bits per heavy atom. The zero-order valence-electron chi connectivity index (χ0n) is 13.0. The molecule has 0 radical (unpaired) electrons. The molecule has 1 aliphatic heterocycles. The van der Waals surface area contributed by atoms with E-state index in [9.17, 15) is 5.11 Å². The van der Waals surface area contributed by atoms with Gasteiger partial charge in [-0.15, -0.1) is 0 Å². The normalized spacial score (nSPS) is 23.4. The van der Waals surface area contributed by atoms with Crippen molar-refractivity contribution >= 4 is 0 Å². The number of aliphatic hydroxyl groups is 1. The molecule has 1 heterocycles. The van der Waals surface area contributed by atoms with Crippen LogP contribution < -0.4 is 0 Å².